The lowest BCUT2D eigenvalue weighted by Gasteiger charge is -2.16. The van der Waals surface area contributed by atoms with Crippen LogP contribution in [0.25, 0.3) is 0 Å². The van der Waals surface area contributed by atoms with E-state index >= 15 is 0 Å². The van der Waals surface area contributed by atoms with Crippen LogP contribution in [-0.4, -0.2) is 18.5 Å². The molecule has 9 heteroatoms. The Balaban J connectivity index is 2.35. The van der Waals surface area contributed by atoms with Gasteiger partial charge in [0.1, 0.15) is 0 Å². The van der Waals surface area contributed by atoms with Crippen LogP contribution in [0.3, 0.4) is 0 Å². The Morgan fingerprint density at radius 1 is 1.05 bits per heavy atom. The molecule has 7 nitrogen and oxygen atoms in total. The fourth-order valence-corrected chi connectivity index (χ4v) is 2.75. The van der Waals surface area contributed by atoms with Gasteiger partial charge in [0, 0.05) is 17.2 Å². The van der Waals surface area contributed by atoms with Crippen LogP contribution in [0.1, 0.15) is 0 Å². The lowest BCUT2D eigenvalue weighted by molar-refractivity contribution is -0.384. The molecule has 0 radical (unpaired) electrons. The molecule has 2 rings (SSSR count). The van der Waals surface area contributed by atoms with Crippen LogP contribution in [-0.2, 0) is 10.0 Å². The molecule has 0 saturated heterocycles. The second kappa shape index (κ2) is 5.68. The third kappa shape index (κ3) is 3.13. The predicted molar refractivity (Wildman–Crippen MR) is 76.0 cm³/mol. The van der Waals surface area contributed by atoms with Gasteiger partial charge < -0.3 is 0 Å². The van der Waals surface area contributed by atoms with Crippen molar-refractivity contribution >= 4 is 33.0 Å². The summed E-state index contributed by atoms with van der Waals surface area (Å²) in [6, 6.07) is 9.68. The number of halogens is 1. The Morgan fingerprint density at radius 2 is 1.57 bits per heavy atom. The van der Waals surface area contributed by atoms with Crippen molar-refractivity contribution in [3.05, 3.63) is 63.7 Å². The summed E-state index contributed by atoms with van der Waals surface area (Å²) < 4.78 is 24.4. The van der Waals surface area contributed by atoms with Gasteiger partial charge in [-0.2, -0.15) is 8.42 Å². The van der Waals surface area contributed by atoms with E-state index < -0.39 is 14.9 Å². The molecule has 0 aliphatic heterocycles. The molecule has 0 aromatic heterocycles. The smallest absolute Gasteiger partial charge is 0.274 e. The van der Waals surface area contributed by atoms with Crippen molar-refractivity contribution in [2.75, 3.05) is 4.47 Å². The standard InChI is InChI=1S/C12H9ClN2O5S/c13-9-1-7-12(8-2-9)21(19,20)15(18)11-5-3-10(4-6-11)14(16)17/h1-8,18H. The van der Waals surface area contributed by atoms with E-state index in [0.717, 1.165) is 24.3 Å². The van der Waals surface area contributed by atoms with E-state index in [9.17, 15) is 23.7 Å². The summed E-state index contributed by atoms with van der Waals surface area (Å²) in [5, 5.41) is 20.7. The van der Waals surface area contributed by atoms with Crippen LogP contribution >= 0.6 is 11.6 Å². The lowest BCUT2D eigenvalue weighted by atomic mass is 10.3. The van der Waals surface area contributed by atoms with Gasteiger partial charge in [-0.15, -0.1) is 4.47 Å². The highest BCUT2D eigenvalue weighted by atomic mass is 35.5. The average molecular weight is 329 g/mol. The summed E-state index contributed by atoms with van der Waals surface area (Å²) in [5.74, 6) is 0. The maximum Gasteiger partial charge on any atom is 0.286 e. The minimum absolute atomic E-state index is 0.0555. The number of hydrogen-bond acceptors (Lipinski definition) is 5. The van der Waals surface area contributed by atoms with E-state index in [2.05, 4.69) is 0 Å². The van der Waals surface area contributed by atoms with Crippen LogP contribution in [0, 0.1) is 10.1 Å². The van der Waals surface area contributed by atoms with Crippen molar-refractivity contribution in [2.45, 2.75) is 4.90 Å². The third-order valence-electron chi connectivity index (χ3n) is 2.62. The van der Waals surface area contributed by atoms with E-state index in [0.29, 0.717) is 5.02 Å². The third-order valence-corrected chi connectivity index (χ3v) is 4.41. The van der Waals surface area contributed by atoms with E-state index in [1.165, 1.54) is 24.3 Å². The number of nitrogens with zero attached hydrogens (tertiary/aromatic N) is 2. The zero-order chi connectivity index (χ0) is 15.6. The Bertz CT molecular complexity index is 759. The highest BCUT2D eigenvalue weighted by molar-refractivity contribution is 7.92. The SMILES string of the molecule is O=[N+]([O-])c1ccc(N(O)S(=O)(=O)c2ccc(Cl)cc2)cc1. The molecule has 2 aromatic carbocycles. The van der Waals surface area contributed by atoms with Gasteiger partial charge in [-0.25, -0.2) is 0 Å². The molecule has 1 N–H and O–H groups in total. The molecule has 0 saturated carbocycles. The van der Waals surface area contributed by atoms with Crippen LogP contribution in [0.2, 0.25) is 5.02 Å². The molecule has 0 aliphatic rings. The molecule has 0 unspecified atom stereocenters. The summed E-state index contributed by atoms with van der Waals surface area (Å²) in [6.07, 6.45) is 0. The van der Waals surface area contributed by atoms with Crippen molar-refractivity contribution in [3.63, 3.8) is 0 Å². The molecule has 0 bridgehead atoms. The van der Waals surface area contributed by atoms with Crippen molar-refractivity contribution in [3.8, 4) is 0 Å². The van der Waals surface area contributed by atoms with Gasteiger partial charge in [-0.05, 0) is 36.4 Å². The molecule has 0 heterocycles. The molecule has 0 fully saturated rings. The molecule has 0 aliphatic carbocycles. The van der Waals surface area contributed by atoms with Gasteiger partial charge in [0.25, 0.3) is 15.7 Å². The van der Waals surface area contributed by atoms with E-state index in [1.54, 1.807) is 0 Å². The summed E-state index contributed by atoms with van der Waals surface area (Å²) >= 11 is 5.67. The molecule has 2 aromatic rings. The highest BCUT2D eigenvalue weighted by Crippen LogP contribution is 2.24. The zero-order valence-corrected chi connectivity index (χ0v) is 12.0. The van der Waals surface area contributed by atoms with Gasteiger partial charge in [-0.1, -0.05) is 11.6 Å². The number of sulfonamides is 1. The van der Waals surface area contributed by atoms with Crippen LogP contribution in [0.5, 0.6) is 0 Å². The number of hydrogen-bond donors (Lipinski definition) is 1. The van der Waals surface area contributed by atoms with Gasteiger partial charge in [0.2, 0.25) is 0 Å². The maximum absolute atomic E-state index is 12.2. The monoisotopic (exact) mass is 328 g/mol. The van der Waals surface area contributed by atoms with E-state index in [4.69, 9.17) is 11.6 Å². The Labute approximate surface area is 125 Å². The van der Waals surface area contributed by atoms with Crippen LogP contribution < -0.4 is 4.47 Å². The van der Waals surface area contributed by atoms with E-state index in [1.807, 2.05) is 0 Å². The molecule has 0 atom stereocenters. The molecule has 0 amide bonds. The quantitative estimate of drug-likeness (QED) is 0.687. The summed E-state index contributed by atoms with van der Waals surface area (Å²) in [4.78, 5) is 9.75. The minimum Gasteiger partial charge on any atom is -0.274 e. The fourth-order valence-electron chi connectivity index (χ4n) is 1.55. The summed E-state index contributed by atoms with van der Waals surface area (Å²) in [7, 11) is -4.18. The molecule has 0 spiro atoms. The topological polar surface area (TPSA) is 101 Å². The van der Waals surface area contributed by atoms with E-state index in [-0.39, 0.29) is 20.7 Å². The minimum atomic E-state index is -4.18. The van der Waals surface area contributed by atoms with Crippen molar-refractivity contribution < 1.29 is 18.5 Å². The normalized spacial score (nSPS) is 11.1. The molecular formula is C12H9ClN2O5S. The second-order valence-corrected chi connectivity index (χ2v) is 6.18. The predicted octanol–water partition coefficient (Wildman–Crippen LogP) is 2.83. The highest BCUT2D eigenvalue weighted by Gasteiger charge is 2.23. The molecule has 110 valence electrons. The maximum atomic E-state index is 12.2. The average Bonchev–Trinajstić information content (AvgIpc) is 2.47. The van der Waals surface area contributed by atoms with Crippen LogP contribution in [0.15, 0.2) is 53.4 Å². The summed E-state index contributed by atoms with van der Waals surface area (Å²) in [6.45, 7) is 0. The largest absolute Gasteiger partial charge is 0.286 e. The first-order valence-electron chi connectivity index (χ1n) is 5.56. The second-order valence-electron chi connectivity index (χ2n) is 3.98. The fraction of sp³-hybridized carbons (Fsp3) is 0. The Kier molecular flexibility index (Phi) is 4.12. The van der Waals surface area contributed by atoms with Gasteiger partial charge >= 0.3 is 0 Å². The molecular weight excluding hydrogens is 320 g/mol. The number of rotatable bonds is 4. The van der Waals surface area contributed by atoms with Crippen molar-refractivity contribution in [1.29, 1.82) is 0 Å². The van der Waals surface area contributed by atoms with Gasteiger partial charge in [-0.3, -0.25) is 15.3 Å². The Morgan fingerprint density at radius 3 is 2.05 bits per heavy atom. The summed E-state index contributed by atoms with van der Waals surface area (Å²) in [5.41, 5.74) is -0.327. The number of nitro benzene ring substituents is 1. The zero-order valence-electron chi connectivity index (χ0n) is 10.4. The number of non-ortho nitro benzene ring substituents is 1. The molecule has 21 heavy (non-hydrogen) atoms. The first-order valence-corrected chi connectivity index (χ1v) is 7.38. The first-order chi connectivity index (χ1) is 9.82. The Hall–Kier alpha value is -2.16. The number of nitro groups is 1. The van der Waals surface area contributed by atoms with Gasteiger partial charge in [0.05, 0.1) is 15.5 Å². The van der Waals surface area contributed by atoms with Crippen molar-refractivity contribution in [2.24, 2.45) is 0 Å². The number of anilines is 1. The lowest BCUT2D eigenvalue weighted by Crippen LogP contribution is -2.27. The van der Waals surface area contributed by atoms with Crippen LogP contribution in [0.4, 0.5) is 11.4 Å². The van der Waals surface area contributed by atoms with Crippen molar-refractivity contribution in [1.82, 2.24) is 0 Å². The first kappa shape index (κ1) is 15.2. The number of benzene rings is 2. The van der Waals surface area contributed by atoms with Gasteiger partial charge in [0.15, 0.2) is 0 Å².